The Kier molecular flexibility index (Phi) is 7.73. The second-order valence-corrected chi connectivity index (χ2v) is 7.13. The number of carbonyl (C=O) groups excluding carboxylic acids is 1. The zero-order valence-electron chi connectivity index (χ0n) is 17.7. The van der Waals surface area contributed by atoms with Crippen molar-refractivity contribution in [3.05, 3.63) is 53.1 Å². The highest BCUT2D eigenvalue weighted by molar-refractivity contribution is 5.81. The molecule has 1 N–H and O–H groups in total. The number of amides is 1. The second kappa shape index (κ2) is 10.0. The summed E-state index contributed by atoms with van der Waals surface area (Å²) in [6.45, 7) is 10.3. The topological polar surface area (TPSA) is 56.8 Å². The van der Waals surface area contributed by atoms with Crippen molar-refractivity contribution in [2.24, 2.45) is 0 Å². The van der Waals surface area contributed by atoms with Gasteiger partial charge in [-0.3, -0.25) is 4.79 Å². The van der Waals surface area contributed by atoms with Gasteiger partial charge in [-0.1, -0.05) is 19.1 Å². The third-order valence-electron chi connectivity index (χ3n) is 4.48. The molecular formula is C23H31NO4. The first-order valence-electron chi connectivity index (χ1n) is 9.69. The quantitative estimate of drug-likeness (QED) is 0.687. The summed E-state index contributed by atoms with van der Waals surface area (Å²) in [7, 11) is 1.61. The summed E-state index contributed by atoms with van der Waals surface area (Å²) in [6, 6.07) is 11.5. The first kappa shape index (κ1) is 21.6. The SMILES string of the molecule is CC[C@@H](Oc1ccc(C)c(C)c1)C(=O)NCc1ccc(OC(C)C)c(OC)c1. The molecule has 28 heavy (non-hydrogen) atoms. The first-order valence-corrected chi connectivity index (χ1v) is 9.69. The summed E-state index contributed by atoms with van der Waals surface area (Å²) < 4.78 is 17.0. The molecule has 0 spiro atoms. The third kappa shape index (κ3) is 5.91. The van der Waals surface area contributed by atoms with Crippen LogP contribution in [-0.4, -0.2) is 25.2 Å². The van der Waals surface area contributed by atoms with Crippen LogP contribution in [0.2, 0.25) is 0 Å². The van der Waals surface area contributed by atoms with E-state index in [0.717, 1.165) is 11.1 Å². The molecule has 0 heterocycles. The van der Waals surface area contributed by atoms with Gasteiger partial charge in [0.2, 0.25) is 0 Å². The van der Waals surface area contributed by atoms with Gasteiger partial charge in [-0.05, 0) is 75.1 Å². The van der Waals surface area contributed by atoms with Crippen LogP contribution in [0.1, 0.15) is 43.9 Å². The molecule has 0 aliphatic carbocycles. The van der Waals surface area contributed by atoms with Gasteiger partial charge in [-0.25, -0.2) is 0 Å². The van der Waals surface area contributed by atoms with Crippen LogP contribution in [-0.2, 0) is 11.3 Å². The molecule has 0 unspecified atom stereocenters. The first-order chi connectivity index (χ1) is 13.3. The third-order valence-corrected chi connectivity index (χ3v) is 4.48. The highest BCUT2D eigenvalue weighted by Crippen LogP contribution is 2.29. The Morgan fingerprint density at radius 1 is 1.00 bits per heavy atom. The summed E-state index contributed by atoms with van der Waals surface area (Å²) in [5.74, 6) is 1.92. The number of methoxy groups -OCH3 is 1. The minimum Gasteiger partial charge on any atom is -0.493 e. The number of benzene rings is 2. The highest BCUT2D eigenvalue weighted by Gasteiger charge is 2.18. The standard InChI is InChI=1S/C23H31NO4/c1-7-20(28-19-10-8-16(4)17(5)12-19)23(25)24-14-18-9-11-21(27-15(2)3)22(13-18)26-6/h8-13,15,20H,7,14H2,1-6H3,(H,24,25)/t20-/m1/s1. The summed E-state index contributed by atoms with van der Waals surface area (Å²) >= 11 is 0. The van der Waals surface area contributed by atoms with E-state index in [4.69, 9.17) is 14.2 Å². The Bertz CT molecular complexity index is 801. The summed E-state index contributed by atoms with van der Waals surface area (Å²) in [4.78, 5) is 12.6. The monoisotopic (exact) mass is 385 g/mol. The predicted molar refractivity (Wildman–Crippen MR) is 111 cm³/mol. The van der Waals surface area contributed by atoms with E-state index in [1.54, 1.807) is 7.11 Å². The average Bonchev–Trinajstić information content (AvgIpc) is 2.67. The van der Waals surface area contributed by atoms with Gasteiger partial charge in [-0.15, -0.1) is 0 Å². The van der Waals surface area contributed by atoms with Gasteiger partial charge in [0.25, 0.3) is 5.91 Å². The average molecular weight is 386 g/mol. The molecule has 2 aromatic rings. The van der Waals surface area contributed by atoms with Gasteiger partial charge < -0.3 is 19.5 Å². The number of nitrogens with one attached hydrogen (secondary N) is 1. The van der Waals surface area contributed by atoms with Crippen LogP contribution < -0.4 is 19.5 Å². The summed E-state index contributed by atoms with van der Waals surface area (Å²) in [5, 5.41) is 2.95. The molecule has 0 saturated heterocycles. The number of carbonyl (C=O) groups is 1. The molecule has 0 radical (unpaired) electrons. The fourth-order valence-corrected chi connectivity index (χ4v) is 2.75. The zero-order valence-corrected chi connectivity index (χ0v) is 17.7. The molecule has 1 atom stereocenters. The normalized spacial score (nSPS) is 11.8. The van der Waals surface area contributed by atoms with Gasteiger partial charge in [0.05, 0.1) is 13.2 Å². The lowest BCUT2D eigenvalue weighted by atomic mass is 10.1. The van der Waals surface area contributed by atoms with Crippen LogP contribution in [0.25, 0.3) is 0 Å². The molecule has 5 heteroatoms. The van der Waals surface area contributed by atoms with Gasteiger partial charge in [0, 0.05) is 6.54 Å². The molecule has 0 saturated carbocycles. The van der Waals surface area contributed by atoms with Crippen molar-refractivity contribution in [1.29, 1.82) is 0 Å². The van der Waals surface area contributed by atoms with Crippen LogP contribution in [0, 0.1) is 13.8 Å². The smallest absolute Gasteiger partial charge is 0.261 e. The van der Waals surface area contributed by atoms with Crippen molar-refractivity contribution in [1.82, 2.24) is 5.32 Å². The lowest BCUT2D eigenvalue weighted by Crippen LogP contribution is -2.37. The van der Waals surface area contributed by atoms with E-state index < -0.39 is 6.10 Å². The lowest BCUT2D eigenvalue weighted by Gasteiger charge is -2.18. The van der Waals surface area contributed by atoms with Crippen LogP contribution in [0.5, 0.6) is 17.2 Å². The molecule has 0 fully saturated rings. The van der Waals surface area contributed by atoms with E-state index in [-0.39, 0.29) is 12.0 Å². The Morgan fingerprint density at radius 3 is 2.36 bits per heavy atom. The van der Waals surface area contributed by atoms with Gasteiger partial charge in [0.15, 0.2) is 17.6 Å². The van der Waals surface area contributed by atoms with Crippen molar-refractivity contribution >= 4 is 5.91 Å². The maximum absolute atomic E-state index is 12.6. The van der Waals surface area contributed by atoms with E-state index in [0.29, 0.717) is 30.2 Å². The minimum absolute atomic E-state index is 0.0623. The van der Waals surface area contributed by atoms with Crippen LogP contribution in [0.4, 0.5) is 0 Å². The Balaban J connectivity index is 2.00. The minimum atomic E-state index is -0.535. The maximum Gasteiger partial charge on any atom is 0.261 e. The summed E-state index contributed by atoms with van der Waals surface area (Å²) in [6.07, 6.45) is 0.114. The molecule has 2 aromatic carbocycles. The molecule has 1 amide bonds. The summed E-state index contributed by atoms with van der Waals surface area (Å²) in [5.41, 5.74) is 3.27. The molecule has 152 valence electrons. The fourth-order valence-electron chi connectivity index (χ4n) is 2.75. The van der Waals surface area contributed by atoms with Crippen LogP contribution in [0.15, 0.2) is 36.4 Å². The van der Waals surface area contributed by atoms with E-state index >= 15 is 0 Å². The molecule has 0 bridgehead atoms. The predicted octanol–water partition coefficient (Wildman–Crippen LogP) is 4.57. The van der Waals surface area contributed by atoms with Crippen molar-refractivity contribution in [2.45, 2.75) is 59.8 Å². The number of aryl methyl sites for hydroxylation is 2. The van der Waals surface area contributed by atoms with Crippen molar-refractivity contribution in [3.8, 4) is 17.2 Å². The van der Waals surface area contributed by atoms with Gasteiger partial charge >= 0.3 is 0 Å². The number of hydrogen-bond donors (Lipinski definition) is 1. The Hall–Kier alpha value is -2.69. The van der Waals surface area contributed by atoms with Crippen molar-refractivity contribution in [2.75, 3.05) is 7.11 Å². The fraction of sp³-hybridized carbons (Fsp3) is 0.435. The van der Waals surface area contributed by atoms with Crippen molar-refractivity contribution in [3.63, 3.8) is 0 Å². The van der Waals surface area contributed by atoms with Gasteiger partial charge in [0.1, 0.15) is 5.75 Å². The molecule has 0 aromatic heterocycles. The zero-order chi connectivity index (χ0) is 20.7. The largest absolute Gasteiger partial charge is 0.493 e. The second-order valence-electron chi connectivity index (χ2n) is 7.13. The Morgan fingerprint density at radius 2 is 1.75 bits per heavy atom. The molecule has 2 rings (SSSR count). The molecular weight excluding hydrogens is 354 g/mol. The Labute approximate surface area is 168 Å². The van der Waals surface area contributed by atoms with E-state index in [1.165, 1.54) is 5.56 Å². The number of ether oxygens (including phenoxy) is 3. The molecule has 5 nitrogen and oxygen atoms in total. The van der Waals surface area contributed by atoms with Gasteiger partial charge in [-0.2, -0.15) is 0 Å². The molecule has 0 aliphatic rings. The highest BCUT2D eigenvalue weighted by atomic mass is 16.5. The maximum atomic E-state index is 12.6. The van der Waals surface area contributed by atoms with Crippen molar-refractivity contribution < 1.29 is 19.0 Å². The van der Waals surface area contributed by atoms with Crippen LogP contribution in [0.3, 0.4) is 0 Å². The number of rotatable bonds is 9. The number of hydrogen-bond acceptors (Lipinski definition) is 4. The van der Waals surface area contributed by atoms with E-state index in [1.807, 2.05) is 64.1 Å². The lowest BCUT2D eigenvalue weighted by molar-refractivity contribution is -0.128. The molecule has 0 aliphatic heterocycles. The van der Waals surface area contributed by atoms with E-state index in [9.17, 15) is 4.79 Å². The van der Waals surface area contributed by atoms with E-state index in [2.05, 4.69) is 12.2 Å². The van der Waals surface area contributed by atoms with Crippen LogP contribution >= 0.6 is 0 Å².